The van der Waals surface area contributed by atoms with Crippen LogP contribution in [0, 0.1) is 11.3 Å². The third-order valence-corrected chi connectivity index (χ3v) is 1.57. The van der Waals surface area contributed by atoms with Gasteiger partial charge in [0.05, 0.1) is 18.1 Å². The number of rotatable bonds is 3. The molecule has 0 saturated heterocycles. The summed E-state index contributed by atoms with van der Waals surface area (Å²) in [7, 11) is 0. The summed E-state index contributed by atoms with van der Waals surface area (Å²) in [5.74, 6) is -0.451. The van der Waals surface area contributed by atoms with Crippen LogP contribution in [0.3, 0.4) is 0 Å². The Morgan fingerprint density at radius 3 is 3.00 bits per heavy atom. The van der Waals surface area contributed by atoms with Gasteiger partial charge in [0.2, 0.25) is 0 Å². The molecule has 0 radical (unpaired) electrons. The summed E-state index contributed by atoms with van der Waals surface area (Å²) in [5.41, 5.74) is 6.41. The predicted molar refractivity (Wildman–Crippen MR) is 51.4 cm³/mol. The van der Waals surface area contributed by atoms with Gasteiger partial charge < -0.3 is 10.5 Å². The average Bonchev–Trinajstić information content (AvgIpc) is 2.18. The van der Waals surface area contributed by atoms with E-state index < -0.39 is 5.97 Å². The number of carbonyl (C=O) groups is 1. The first-order valence-electron chi connectivity index (χ1n) is 4.13. The van der Waals surface area contributed by atoms with E-state index in [-0.39, 0.29) is 13.0 Å². The Balaban J connectivity index is 2.57. The normalized spacial score (nSPS) is 9.07. The fraction of sp³-hybridized carbons (Fsp3) is 0.200. The Kier molecular flexibility index (Phi) is 3.50. The van der Waals surface area contributed by atoms with E-state index in [2.05, 4.69) is 0 Å². The summed E-state index contributed by atoms with van der Waals surface area (Å²) in [5, 5.41) is 8.23. The van der Waals surface area contributed by atoms with Crippen LogP contribution in [-0.2, 0) is 4.74 Å². The Labute approximate surface area is 81.9 Å². The van der Waals surface area contributed by atoms with Crippen LogP contribution >= 0.6 is 0 Å². The molecule has 0 bridgehead atoms. The highest BCUT2D eigenvalue weighted by atomic mass is 16.5. The highest BCUT2D eigenvalue weighted by Gasteiger charge is 2.05. The maximum absolute atomic E-state index is 11.3. The van der Waals surface area contributed by atoms with E-state index in [1.807, 2.05) is 6.07 Å². The molecule has 72 valence electrons. The van der Waals surface area contributed by atoms with E-state index in [1.165, 1.54) is 6.07 Å². The standard InChI is InChI=1S/C10H10N2O2/c11-5-2-6-14-10(13)8-3-1-4-9(12)7-8/h1,3-4,7H,2,6,12H2. The molecular weight excluding hydrogens is 180 g/mol. The molecule has 4 heteroatoms. The molecule has 0 heterocycles. The number of benzene rings is 1. The molecule has 0 aromatic heterocycles. The summed E-state index contributed by atoms with van der Waals surface area (Å²) in [6, 6.07) is 8.40. The van der Waals surface area contributed by atoms with Crippen LogP contribution in [0.1, 0.15) is 16.8 Å². The number of carbonyl (C=O) groups excluding carboxylic acids is 1. The Hall–Kier alpha value is -2.02. The van der Waals surface area contributed by atoms with Gasteiger partial charge in [0.1, 0.15) is 6.61 Å². The molecule has 0 saturated carbocycles. The zero-order valence-corrected chi connectivity index (χ0v) is 7.56. The lowest BCUT2D eigenvalue weighted by Crippen LogP contribution is -2.06. The number of esters is 1. The number of hydrogen-bond acceptors (Lipinski definition) is 4. The number of nitriles is 1. The molecule has 0 fully saturated rings. The number of nitrogens with zero attached hydrogens (tertiary/aromatic N) is 1. The number of anilines is 1. The monoisotopic (exact) mass is 190 g/mol. The summed E-state index contributed by atoms with van der Waals surface area (Å²) in [4.78, 5) is 11.3. The second kappa shape index (κ2) is 4.87. The van der Waals surface area contributed by atoms with Gasteiger partial charge in [-0.25, -0.2) is 4.79 Å². The number of nitrogens with two attached hydrogens (primary N) is 1. The zero-order valence-electron chi connectivity index (χ0n) is 7.56. The highest BCUT2D eigenvalue weighted by molar-refractivity contribution is 5.90. The van der Waals surface area contributed by atoms with Crippen LogP contribution in [0.2, 0.25) is 0 Å². The van der Waals surface area contributed by atoms with Gasteiger partial charge in [-0.15, -0.1) is 0 Å². The number of nitrogen functional groups attached to an aromatic ring is 1. The Morgan fingerprint density at radius 1 is 1.57 bits per heavy atom. The lowest BCUT2D eigenvalue weighted by Gasteiger charge is -2.02. The molecule has 0 aliphatic heterocycles. The van der Waals surface area contributed by atoms with Crippen LogP contribution < -0.4 is 5.73 Å². The van der Waals surface area contributed by atoms with E-state index in [0.717, 1.165) is 0 Å². The van der Waals surface area contributed by atoms with Gasteiger partial charge >= 0.3 is 5.97 Å². The smallest absolute Gasteiger partial charge is 0.338 e. The SMILES string of the molecule is N#CCCOC(=O)c1cccc(N)c1. The van der Waals surface area contributed by atoms with Crippen LogP contribution in [0.25, 0.3) is 0 Å². The summed E-state index contributed by atoms with van der Waals surface area (Å²) >= 11 is 0. The fourth-order valence-electron chi connectivity index (χ4n) is 0.938. The molecule has 4 nitrogen and oxygen atoms in total. The highest BCUT2D eigenvalue weighted by Crippen LogP contribution is 2.07. The second-order valence-electron chi connectivity index (χ2n) is 2.67. The first-order valence-corrected chi connectivity index (χ1v) is 4.13. The molecule has 0 unspecified atom stereocenters. The minimum Gasteiger partial charge on any atom is -0.461 e. The molecule has 1 rings (SSSR count). The molecular formula is C10H10N2O2. The van der Waals surface area contributed by atoms with Gasteiger partial charge in [0.15, 0.2) is 0 Å². The maximum Gasteiger partial charge on any atom is 0.338 e. The van der Waals surface area contributed by atoms with E-state index in [0.29, 0.717) is 11.3 Å². The molecule has 2 N–H and O–H groups in total. The predicted octanol–water partition coefficient (Wildman–Crippen LogP) is 1.34. The van der Waals surface area contributed by atoms with Crippen molar-refractivity contribution in [3.05, 3.63) is 29.8 Å². The first-order chi connectivity index (χ1) is 6.74. The van der Waals surface area contributed by atoms with Crippen LogP contribution in [0.4, 0.5) is 5.69 Å². The average molecular weight is 190 g/mol. The van der Waals surface area contributed by atoms with Gasteiger partial charge in [-0.3, -0.25) is 0 Å². The minimum atomic E-state index is -0.451. The Morgan fingerprint density at radius 2 is 2.36 bits per heavy atom. The third kappa shape index (κ3) is 2.79. The van der Waals surface area contributed by atoms with Crippen LogP contribution in [0.15, 0.2) is 24.3 Å². The minimum absolute atomic E-state index is 0.115. The van der Waals surface area contributed by atoms with E-state index in [4.69, 9.17) is 15.7 Å². The third-order valence-electron chi connectivity index (χ3n) is 1.57. The van der Waals surface area contributed by atoms with Crippen molar-refractivity contribution in [2.75, 3.05) is 12.3 Å². The summed E-state index contributed by atoms with van der Waals surface area (Å²) in [6.45, 7) is 0.115. The Bertz CT molecular complexity index is 369. The molecule has 1 aromatic carbocycles. The number of hydrogen-bond donors (Lipinski definition) is 1. The second-order valence-corrected chi connectivity index (χ2v) is 2.67. The van der Waals surface area contributed by atoms with Crippen molar-refractivity contribution < 1.29 is 9.53 Å². The van der Waals surface area contributed by atoms with Crippen LogP contribution in [0.5, 0.6) is 0 Å². The number of ether oxygens (including phenoxy) is 1. The van der Waals surface area contributed by atoms with Gasteiger partial charge in [-0.2, -0.15) is 5.26 Å². The van der Waals surface area contributed by atoms with E-state index >= 15 is 0 Å². The lowest BCUT2D eigenvalue weighted by molar-refractivity contribution is 0.0513. The topological polar surface area (TPSA) is 76.1 Å². The molecule has 0 aliphatic carbocycles. The summed E-state index contributed by atoms with van der Waals surface area (Å²) in [6.07, 6.45) is 0.202. The molecule has 0 spiro atoms. The van der Waals surface area contributed by atoms with Gasteiger partial charge in [-0.1, -0.05) is 6.07 Å². The zero-order chi connectivity index (χ0) is 10.4. The van der Waals surface area contributed by atoms with Crippen molar-refractivity contribution in [3.8, 4) is 6.07 Å². The van der Waals surface area contributed by atoms with Crippen LogP contribution in [-0.4, -0.2) is 12.6 Å². The lowest BCUT2D eigenvalue weighted by atomic mass is 10.2. The van der Waals surface area contributed by atoms with Crippen molar-refractivity contribution in [3.63, 3.8) is 0 Å². The van der Waals surface area contributed by atoms with Gasteiger partial charge in [-0.05, 0) is 18.2 Å². The molecule has 0 aliphatic rings. The van der Waals surface area contributed by atoms with Crippen molar-refractivity contribution in [1.29, 1.82) is 5.26 Å². The molecule has 0 atom stereocenters. The summed E-state index contributed by atoms with van der Waals surface area (Å²) < 4.78 is 4.81. The first kappa shape index (κ1) is 10.1. The van der Waals surface area contributed by atoms with Gasteiger partial charge in [0, 0.05) is 5.69 Å². The van der Waals surface area contributed by atoms with E-state index in [9.17, 15) is 4.79 Å². The largest absolute Gasteiger partial charge is 0.461 e. The maximum atomic E-state index is 11.3. The van der Waals surface area contributed by atoms with E-state index in [1.54, 1.807) is 18.2 Å². The van der Waals surface area contributed by atoms with Crippen molar-refractivity contribution in [1.82, 2.24) is 0 Å². The van der Waals surface area contributed by atoms with Crippen molar-refractivity contribution in [2.45, 2.75) is 6.42 Å². The van der Waals surface area contributed by atoms with Crippen molar-refractivity contribution >= 4 is 11.7 Å². The van der Waals surface area contributed by atoms with Gasteiger partial charge in [0.25, 0.3) is 0 Å². The quantitative estimate of drug-likeness (QED) is 0.443. The molecule has 14 heavy (non-hydrogen) atoms. The fourth-order valence-corrected chi connectivity index (χ4v) is 0.938. The van der Waals surface area contributed by atoms with Crippen molar-refractivity contribution in [2.24, 2.45) is 0 Å². The molecule has 1 aromatic rings. The molecule has 0 amide bonds.